The number of hydrogen-bond acceptors (Lipinski definition) is 19. The number of guanidine groups is 2. The molecule has 0 aromatic rings. The molecule has 0 heterocycles. The first-order valence-electron chi connectivity index (χ1n) is 35.3. The first-order valence-corrected chi connectivity index (χ1v) is 40.3. The van der Waals surface area contributed by atoms with E-state index < -0.39 is 79.3 Å². The van der Waals surface area contributed by atoms with Crippen LogP contribution in [0.1, 0.15) is 239 Å². The Labute approximate surface area is 585 Å². The minimum atomic E-state index is -1.29. The van der Waals surface area contributed by atoms with E-state index in [1.54, 1.807) is 0 Å². The third-order valence-electron chi connectivity index (χ3n) is 14.9. The summed E-state index contributed by atoms with van der Waals surface area (Å²) in [4.78, 5) is 104. The third kappa shape index (κ3) is 62.4. The highest BCUT2D eigenvalue weighted by molar-refractivity contribution is 8.77. The normalized spacial score (nSPS) is 12.5. The number of ether oxygens (including phenoxy) is 3. The van der Waals surface area contributed by atoms with E-state index in [-0.39, 0.29) is 62.7 Å². The van der Waals surface area contributed by atoms with Gasteiger partial charge >= 0.3 is 17.9 Å². The van der Waals surface area contributed by atoms with Crippen molar-refractivity contribution >= 4 is 103 Å². The van der Waals surface area contributed by atoms with Gasteiger partial charge in [0, 0.05) is 81.5 Å². The van der Waals surface area contributed by atoms with Gasteiger partial charge in [0.05, 0.1) is 24.9 Å². The van der Waals surface area contributed by atoms with Crippen molar-refractivity contribution in [3.05, 3.63) is 24.3 Å². The summed E-state index contributed by atoms with van der Waals surface area (Å²) < 4.78 is 16.7. The summed E-state index contributed by atoms with van der Waals surface area (Å²) in [7, 11) is 5.89. The molecular formula is C67H125N13O11S4. The molecule has 24 nitrogen and oxygen atoms in total. The van der Waals surface area contributed by atoms with E-state index in [9.17, 15) is 38.4 Å². The summed E-state index contributed by atoms with van der Waals surface area (Å²) in [6.07, 6.45) is 38.5. The first kappa shape index (κ1) is 90.1. The molecule has 0 aromatic carbocycles. The minimum absolute atomic E-state index is 0.144. The lowest BCUT2D eigenvalue weighted by atomic mass is 10.1. The maximum absolute atomic E-state index is 13.5. The van der Waals surface area contributed by atoms with Gasteiger partial charge < -0.3 is 74.4 Å². The lowest BCUT2D eigenvalue weighted by molar-refractivity contribution is -0.167. The van der Waals surface area contributed by atoms with Crippen LogP contribution in [0.15, 0.2) is 24.3 Å². The number of unbranched alkanes of at least 4 members (excludes halogenated alkanes) is 22. The highest BCUT2D eigenvalue weighted by Crippen LogP contribution is 2.21. The largest absolute Gasteiger partial charge is 0.462 e. The molecule has 0 aliphatic rings. The highest BCUT2D eigenvalue weighted by Gasteiger charge is 2.25. The van der Waals surface area contributed by atoms with Crippen LogP contribution in [-0.4, -0.2) is 159 Å². The van der Waals surface area contributed by atoms with Gasteiger partial charge in [-0.15, -0.1) is 0 Å². The van der Waals surface area contributed by atoms with Crippen LogP contribution in [0.4, 0.5) is 0 Å². The van der Waals surface area contributed by atoms with Gasteiger partial charge in [0.25, 0.3) is 0 Å². The average Bonchev–Trinajstić information content (AvgIpc) is 3.59. The number of rotatable bonds is 66. The topological polar surface area (TPSA) is 400 Å². The molecule has 0 aromatic heterocycles. The molecule has 95 heavy (non-hydrogen) atoms. The summed E-state index contributed by atoms with van der Waals surface area (Å²) in [5.41, 5.74) is 22.5. The lowest BCUT2D eigenvalue weighted by Gasteiger charge is -2.19. The molecule has 0 saturated heterocycles. The number of esters is 3. The van der Waals surface area contributed by atoms with Gasteiger partial charge in [-0.3, -0.25) is 49.2 Å². The maximum Gasteiger partial charge on any atom is 0.306 e. The Balaban J connectivity index is 5.43. The van der Waals surface area contributed by atoms with Crippen LogP contribution in [0.5, 0.6) is 0 Å². The molecule has 5 amide bonds. The maximum atomic E-state index is 13.5. The van der Waals surface area contributed by atoms with Gasteiger partial charge in [-0.1, -0.05) is 184 Å². The number of carbonyl (C=O) groups excluding carboxylic acids is 8. The Bertz CT molecular complexity index is 2120. The van der Waals surface area contributed by atoms with Crippen molar-refractivity contribution in [2.45, 2.75) is 263 Å². The van der Waals surface area contributed by atoms with Crippen molar-refractivity contribution in [2.75, 3.05) is 75.5 Å². The van der Waals surface area contributed by atoms with Crippen LogP contribution in [0.2, 0.25) is 0 Å². The monoisotopic (exact) mass is 1420 g/mol. The van der Waals surface area contributed by atoms with Crippen molar-refractivity contribution in [3.8, 4) is 0 Å². The molecule has 0 aliphatic heterocycles. The minimum Gasteiger partial charge on any atom is -0.462 e. The van der Waals surface area contributed by atoms with Crippen LogP contribution < -0.4 is 60.2 Å². The van der Waals surface area contributed by atoms with Gasteiger partial charge in [-0.25, -0.2) is 0 Å². The predicted molar refractivity (Wildman–Crippen MR) is 393 cm³/mol. The molecule has 3 unspecified atom stereocenters. The Morgan fingerprint density at radius 3 is 1.17 bits per heavy atom. The van der Waals surface area contributed by atoms with Gasteiger partial charge in [0.2, 0.25) is 29.5 Å². The molecule has 548 valence electrons. The molecule has 0 saturated carbocycles. The van der Waals surface area contributed by atoms with E-state index in [1.165, 1.54) is 120 Å². The number of hydrogen-bond donors (Lipinski definition) is 13. The fourth-order valence-electron chi connectivity index (χ4n) is 9.36. The standard InChI is InChI=1S/C67H125N13O11S4/c1-3-5-7-9-11-13-15-17-19-21-23-25-27-29-31-37-60(83)89-52-54(91-62(85)38-32-30-28-26-24-22-20-18-16-14-12-10-8-6-4-2)53-90-61(84)40-39-58(81)80-57(65(88)77-46-50-95-94-49-45-76-64(87)56(69)36-34-42-79-67(72)73)51-59(82)74-43-47-92-93-48-44-75-63(86)55(68)35-33-41-78-66(70)71/h17-20,54-57H,3-16,21-53,68-69H2,1-2H3,(H,74,82)(H,75,86)(H,76,87)(H,77,88)(H,80,81)(H4,70,71,78)(H4,72,73,79)/b19-17-,20-18-/t54-,55?,56?,57?/m1/s1. The molecular weight excluding hydrogens is 1290 g/mol. The van der Waals surface area contributed by atoms with Crippen LogP contribution in [0, 0.1) is 10.8 Å². The van der Waals surface area contributed by atoms with E-state index in [4.69, 9.17) is 48.0 Å². The van der Waals surface area contributed by atoms with Crippen molar-refractivity contribution in [2.24, 2.45) is 22.9 Å². The second kappa shape index (κ2) is 66.3. The van der Waals surface area contributed by atoms with Crippen molar-refractivity contribution in [1.29, 1.82) is 10.8 Å². The van der Waals surface area contributed by atoms with Crippen molar-refractivity contribution < 1.29 is 52.6 Å². The summed E-state index contributed by atoms with van der Waals surface area (Å²) in [5, 5.41) is 33.5. The summed E-state index contributed by atoms with van der Waals surface area (Å²) in [6.45, 7) is 5.83. The first-order chi connectivity index (χ1) is 46.0. The van der Waals surface area contributed by atoms with Crippen molar-refractivity contribution in [3.63, 3.8) is 0 Å². The average molecular weight is 1420 g/mol. The van der Waals surface area contributed by atoms with E-state index >= 15 is 0 Å². The lowest BCUT2D eigenvalue weighted by Crippen LogP contribution is -2.49. The quantitative estimate of drug-likeness (QED) is 0.00513. The Kier molecular flexibility index (Phi) is 62.9. The Morgan fingerprint density at radius 1 is 0.400 bits per heavy atom. The second-order valence-electron chi connectivity index (χ2n) is 23.7. The molecule has 0 rings (SSSR count). The van der Waals surface area contributed by atoms with Gasteiger partial charge in [-0.2, -0.15) is 0 Å². The van der Waals surface area contributed by atoms with Gasteiger partial charge in [-0.05, 0) is 89.9 Å². The fraction of sp³-hybridized carbons (Fsp3) is 0.791. The SMILES string of the molecule is CCCCCCCC/C=C\CCCCCCCC(=O)OC[C@H](COC(=O)CCC(=O)NC(CC(=O)NCCSSCCNC(=O)C(N)CCCNC(=N)N)C(=O)NCCSSCCNC(=O)C(N)CCCNC(=N)N)OC(=O)CCCCCCC/C=C\CCCCCCCC. The fourth-order valence-corrected chi connectivity index (χ4v) is 13.0. The summed E-state index contributed by atoms with van der Waals surface area (Å²) in [6, 6.07) is -2.67. The zero-order valence-electron chi connectivity index (χ0n) is 57.8. The van der Waals surface area contributed by atoms with E-state index in [1.807, 2.05) is 0 Å². The molecule has 28 heteroatoms. The number of allylic oxidation sites excluding steroid dienone is 4. The second-order valence-corrected chi connectivity index (χ2v) is 29.1. The molecule has 0 aliphatic carbocycles. The Morgan fingerprint density at radius 2 is 0.758 bits per heavy atom. The van der Waals surface area contributed by atoms with Gasteiger partial charge in [0.15, 0.2) is 18.0 Å². The van der Waals surface area contributed by atoms with Crippen LogP contribution >= 0.6 is 43.2 Å². The van der Waals surface area contributed by atoms with Crippen molar-refractivity contribution in [1.82, 2.24) is 37.2 Å². The summed E-state index contributed by atoms with van der Waals surface area (Å²) in [5.74, 6) is -2.28. The Hall–Kier alpha value is -4.90. The number of carbonyl (C=O) groups is 8. The summed E-state index contributed by atoms with van der Waals surface area (Å²) >= 11 is 0. The zero-order chi connectivity index (χ0) is 70.0. The molecule has 0 bridgehead atoms. The zero-order valence-corrected chi connectivity index (χ0v) is 61.1. The number of amides is 5. The van der Waals surface area contributed by atoms with E-state index in [0.29, 0.717) is 87.7 Å². The van der Waals surface area contributed by atoms with Crippen LogP contribution in [-0.2, 0) is 52.6 Å². The van der Waals surface area contributed by atoms with E-state index in [2.05, 4.69) is 75.4 Å². The molecule has 17 N–H and O–H groups in total. The highest BCUT2D eigenvalue weighted by atomic mass is 33.1. The van der Waals surface area contributed by atoms with Crippen LogP contribution in [0.25, 0.3) is 0 Å². The number of nitrogens with two attached hydrogens (primary N) is 4. The third-order valence-corrected chi connectivity index (χ3v) is 19.7. The van der Waals surface area contributed by atoms with Crippen LogP contribution in [0.3, 0.4) is 0 Å². The molecule has 0 radical (unpaired) electrons. The van der Waals surface area contributed by atoms with Gasteiger partial charge in [0.1, 0.15) is 19.3 Å². The smallest absolute Gasteiger partial charge is 0.306 e. The molecule has 4 atom stereocenters. The molecule has 0 spiro atoms. The predicted octanol–water partition coefficient (Wildman–Crippen LogP) is 9.12. The molecule has 0 fully saturated rings. The van der Waals surface area contributed by atoms with E-state index in [0.717, 1.165) is 77.0 Å². The number of nitrogens with one attached hydrogen (secondary N) is 9.